The Morgan fingerprint density at radius 1 is 1.17 bits per heavy atom. The molecule has 1 aliphatic heterocycles. The van der Waals surface area contributed by atoms with Crippen LogP contribution in [0.5, 0.6) is 0 Å². The SMILES string of the molecule is COC(=O)[C@@H]1Cc2c([nH]c3ccccc23)[C@@H](c2ccccc2F)N1. The van der Waals surface area contributed by atoms with Gasteiger partial charge >= 0.3 is 5.97 Å². The molecule has 1 aromatic heterocycles. The highest BCUT2D eigenvalue weighted by atomic mass is 19.1. The van der Waals surface area contributed by atoms with E-state index in [0.29, 0.717) is 12.0 Å². The van der Waals surface area contributed by atoms with Crippen LogP contribution >= 0.6 is 0 Å². The van der Waals surface area contributed by atoms with Gasteiger partial charge in [0.25, 0.3) is 0 Å². The number of ether oxygens (including phenoxy) is 1. The molecule has 0 saturated heterocycles. The van der Waals surface area contributed by atoms with Crippen molar-refractivity contribution in [1.82, 2.24) is 10.3 Å². The molecule has 4 rings (SSSR count). The van der Waals surface area contributed by atoms with Crippen molar-refractivity contribution in [1.29, 1.82) is 0 Å². The summed E-state index contributed by atoms with van der Waals surface area (Å²) in [4.78, 5) is 15.5. The Morgan fingerprint density at radius 3 is 2.71 bits per heavy atom. The van der Waals surface area contributed by atoms with Crippen molar-refractivity contribution in [3.63, 3.8) is 0 Å². The molecule has 1 aliphatic rings. The van der Waals surface area contributed by atoms with Crippen molar-refractivity contribution in [2.45, 2.75) is 18.5 Å². The van der Waals surface area contributed by atoms with Gasteiger partial charge in [-0.25, -0.2) is 4.39 Å². The summed E-state index contributed by atoms with van der Waals surface area (Å²) in [5, 5.41) is 4.29. The molecule has 0 saturated carbocycles. The molecule has 0 fully saturated rings. The van der Waals surface area contributed by atoms with Crippen LogP contribution in [-0.4, -0.2) is 24.1 Å². The third-order valence-corrected chi connectivity index (χ3v) is 4.61. The highest BCUT2D eigenvalue weighted by molar-refractivity contribution is 5.87. The maximum absolute atomic E-state index is 14.4. The first kappa shape index (κ1) is 14.9. The van der Waals surface area contributed by atoms with Gasteiger partial charge in [-0.15, -0.1) is 0 Å². The lowest BCUT2D eigenvalue weighted by Gasteiger charge is -2.30. The first-order valence-electron chi connectivity index (χ1n) is 7.87. The fourth-order valence-electron chi connectivity index (χ4n) is 3.48. The van der Waals surface area contributed by atoms with Gasteiger partial charge in [-0.1, -0.05) is 36.4 Å². The molecule has 2 aromatic carbocycles. The molecule has 5 heteroatoms. The topological polar surface area (TPSA) is 54.1 Å². The molecular weight excluding hydrogens is 307 g/mol. The summed E-state index contributed by atoms with van der Waals surface area (Å²) in [6, 6.07) is 13.6. The van der Waals surface area contributed by atoms with Gasteiger partial charge in [0.1, 0.15) is 11.9 Å². The standard InChI is InChI=1S/C19H17FN2O2/c1-24-19(23)16-10-13-11-6-3-5-9-15(11)21-18(13)17(22-16)12-7-2-4-8-14(12)20/h2-9,16-17,21-22H,10H2,1H3/t16-,17+/m0/s1. The first-order chi connectivity index (χ1) is 11.7. The number of hydrogen-bond acceptors (Lipinski definition) is 3. The number of nitrogens with one attached hydrogen (secondary N) is 2. The number of methoxy groups -OCH3 is 1. The van der Waals surface area contributed by atoms with Crippen LogP contribution < -0.4 is 5.32 Å². The van der Waals surface area contributed by atoms with Gasteiger partial charge < -0.3 is 9.72 Å². The second kappa shape index (κ2) is 5.76. The maximum Gasteiger partial charge on any atom is 0.323 e. The van der Waals surface area contributed by atoms with Crippen molar-refractivity contribution in [3.8, 4) is 0 Å². The quantitative estimate of drug-likeness (QED) is 0.712. The second-order valence-corrected chi connectivity index (χ2v) is 5.96. The van der Waals surface area contributed by atoms with Gasteiger partial charge in [-0.3, -0.25) is 10.1 Å². The van der Waals surface area contributed by atoms with Gasteiger partial charge in [0.05, 0.1) is 13.2 Å². The van der Waals surface area contributed by atoms with E-state index in [1.807, 2.05) is 24.3 Å². The van der Waals surface area contributed by atoms with Crippen LogP contribution in [0.3, 0.4) is 0 Å². The molecule has 4 nitrogen and oxygen atoms in total. The molecule has 0 unspecified atom stereocenters. The van der Waals surface area contributed by atoms with E-state index in [2.05, 4.69) is 10.3 Å². The van der Waals surface area contributed by atoms with Crippen LogP contribution in [0.2, 0.25) is 0 Å². The average molecular weight is 324 g/mol. The molecule has 24 heavy (non-hydrogen) atoms. The Kier molecular flexibility index (Phi) is 3.58. The van der Waals surface area contributed by atoms with E-state index < -0.39 is 12.1 Å². The Bertz CT molecular complexity index is 919. The number of rotatable bonds is 2. The summed E-state index contributed by atoms with van der Waals surface area (Å²) >= 11 is 0. The van der Waals surface area contributed by atoms with E-state index in [1.54, 1.807) is 18.2 Å². The monoisotopic (exact) mass is 324 g/mol. The van der Waals surface area contributed by atoms with Crippen molar-refractivity contribution in [2.24, 2.45) is 0 Å². The number of fused-ring (bicyclic) bond motifs is 3. The Balaban J connectivity index is 1.90. The number of para-hydroxylation sites is 1. The summed E-state index contributed by atoms with van der Waals surface area (Å²) in [5.41, 5.74) is 3.43. The van der Waals surface area contributed by atoms with Gasteiger partial charge in [0.2, 0.25) is 0 Å². The molecule has 0 radical (unpaired) electrons. The van der Waals surface area contributed by atoms with Crippen LogP contribution in [0.15, 0.2) is 48.5 Å². The number of esters is 1. The van der Waals surface area contributed by atoms with E-state index in [-0.39, 0.29) is 11.8 Å². The predicted octanol–water partition coefficient (Wildman–Crippen LogP) is 3.08. The highest BCUT2D eigenvalue weighted by Gasteiger charge is 2.35. The van der Waals surface area contributed by atoms with E-state index in [9.17, 15) is 9.18 Å². The number of aromatic amines is 1. The number of carbonyl (C=O) groups excluding carboxylic acids is 1. The summed E-state index contributed by atoms with van der Waals surface area (Å²) in [6.07, 6.45) is 0.511. The van der Waals surface area contributed by atoms with Crippen molar-refractivity contribution < 1.29 is 13.9 Å². The maximum atomic E-state index is 14.4. The van der Waals surface area contributed by atoms with Crippen molar-refractivity contribution >= 4 is 16.9 Å². The molecule has 0 aliphatic carbocycles. The van der Waals surface area contributed by atoms with Crippen LogP contribution in [0.1, 0.15) is 22.9 Å². The van der Waals surface area contributed by atoms with Crippen LogP contribution in [0.25, 0.3) is 10.9 Å². The Labute approximate surface area is 138 Å². The van der Waals surface area contributed by atoms with Crippen molar-refractivity contribution in [3.05, 3.63) is 71.2 Å². The molecule has 122 valence electrons. The number of hydrogen-bond donors (Lipinski definition) is 2. The fourth-order valence-corrected chi connectivity index (χ4v) is 3.48. The minimum Gasteiger partial charge on any atom is -0.468 e. The summed E-state index contributed by atoms with van der Waals surface area (Å²) in [6.45, 7) is 0. The number of benzene rings is 2. The average Bonchev–Trinajstić information content (AvgIpc) is 2.99. The Morgan fingerprint density at radius 2 is 1.92 bits per heavy atom. The zero-order chi connectivity index (χ0) is 16.7. The first-order valence-corrected chi connectivity index (χ1v) is 7.87. The molecule has 2 heterocycles. The third kappa shape index (κ3) is 2.29. The zero-order valence-electron chi connectivity index (χ0n) is 13.2. The molecule has 2 atom stereocenters. The lowest BCUT2D eigenvalue weighted by molar-refractivity contribution is -0.143. The number of halogens is 1. The molecule has 0 spiro atoms. The zero-order valence-corrected chi connectivity index (χ0v) is 13.2. The lowest BCUT2D eigenvalue weighted by atomic mass is 9.90. The lowest BCUT2D eigenvalue weighted by Crippen LogP contribution is -2.45. The predicted molar refractivity (Wildman–Crippen MR) is 89.2 cm³/mol. The van der Waals surface area contributed by atoms with E-state index >= 15 is 0 Å². The van der Waals surface area contributed by atoms with Crippen LogP contribution in [0, 0.1) is 5.82 Å². The molecule has 3 aromatic rings. The number of aromatic nitrogens is 1. The summed E-state index contributed by atoms with van der Waals surface area (Å²) in [5.74, 6) is -0.641. The number of H-pyrrole nitrogens is 1. The van der Waals surface area contributed by atoms with Crippen LogP contribution in [-0.2, 0) is 16.0 Å². The van der Waals surface area contributed by atoms with E-state index in [1.165, 1.54) is 13.2 Å². The van der Waals surface area contributed by atoms with E-state index in [4.69, 9.17) is 4.74 Å². The Hall–Kier alpha value is -2.66. The summed E-state index contributed by atoms with van der Waals surface area (Å²) < 4.78 is 19.3. The smallest absolute Gasteiger partial charge is 0.323 e. The van der Waals surface area contributed by atoms with E-state index in [0.717, 1.165) is 22.2 Å². The minimum absolute atomic E-state index is 0.301. The summed E-state index contributed by atoms with van der Waals surface area (Å²) in [7, 11) is 1.37. The molecule has 0 amide bonds. The van der Waals surface area contributed by atoms with Gasteiger partial charge in [0, 0.05) is 28.6 Å². The fraction of sp³-hybridized carbons (Fsp3) is 0.211. The normalized spacial score (nSPS) is 19.9. The van der Waals surface area contributed by atoms with Gasteiger partial charge in [-0.05, 0) is 17.7 Å². The number of carbonyl (C=O) groups is 1. The molecular formula is C19H17FN2O2. The molecule has 0 bridgehead atoms. The minimum atomic E-state index is -0.508. The second-order valence-electron chi connectivity index (χ2n) is 5.96. The molecule has 2 N–H and O–H groups in total. The largest absolute Gasteiger partial charge is 0.468 e. The van der Waals surface area contributed by atoms with Gasteiger partial charge in [-0.2, -0.15) is 0 Å². The highest BCUT2D eigenvalue weighted by Crippen LogP contribution is 2.36. The van der Waals surface area contributed by atoms with Crippen LogP contribution in [0.4, 0.5) is 4.39 Å². The van der Waals surface area contributed by atoms with Gasteiger partial charge in [0.15, 0.2) is 0 Å². The third-order valence-electron chi connectivity index (χ3n) is 4.61. The van der Waals surface area contributed by atoms with Crippen molar-refractivity contribution in [2.75, 3.05) is 7.11 Å².